The minimum atomic E-state index is -0.458. The Hall–Kier alpha value is -1.55. The molecule has 0 aliphatic heterocycles. The van der Waals surface area contributed by atoms with E-state index >= 15 is 0 Å². The fourth-order valence-corrected chi connectivity index (χ4v) is 2.52. The lowest BCUT2D eigenvalue weighted by Gasteiger charge is -2.31. The first kappa shape index (κ1) is 17.5. The van der Waals surface area contributed by atoms with Crippen molar-refractivity contribution in [3.63, 3.8) is 0 Å². The number of nitrogens with one attached hydrogen (secondary N) is 1. The number of hydrogen-bond acceptors (Lipinski definition) is 3. The molecule has 0 heterocycles. The van der Waals surface area contributed by atoms with E-state index in [4.69, 9.17) is 10.5 Å². The van der Waals surface area contributed by atoms with Gasteiger partial charge < -0.3 is 15.8 Å². The maximum absolute atomic E-state index is 12.6. The number of carbonyl (C=O) groups excluding carboxylic acids is 1. The first-order valence-corrected chi connectivity index (χ1v) is 7.71. The minimum absolute atomic E-state index is 0.00688. The fraction of sp³-hybridized carbons (Fsp3) is 0.588. The van der Waals surface area contributed by atoms with E-state index in [1.165, 1.54) is 0 Å². The number of ether oxygens (including phenoxy) is 1. The average Bonchev–Trinajstić information content (AvgIpc) is 2.55. The maximum atomic E-state index is 12.6. The van der Waals surface area contributed by atoms with Crippen LogP contribution in [0.5, 0.6) is 5.75 Å². The number of nitrogens with two attached hydrogens (primary N) is 1. The SMILES string of the molecule is CCC(NC(=O)C(CC)(CC)CN)c1ccc(OC)cc1. The lowest BCUT2D eigenvalue weighted by molar-refractivity contribution is -0.131. The highest BCUT2D eigenvalue weighted by atomic mass is 16.5. The number of rotatable bonds is 8. The molecule has 0 radical (unpaired) electrons. The molecular formula is C17H28N2O2. The Bertz CT molecular complexity index is 430. The summed E-state index contributed by atoms with van der Waals surface area (Å²) in [4.78, 5) is 12.6. The van der Waals surface area contributed by atoms with Crippen molar-refractivity contribution in [3.8, 4) is 5.75 Å². The van der Waals surface area contributed by atoms with Crippen molar-refractivity contribution in [1.82, 2.24) is 5.32 Å². The van der Waals surface area contributed by atoms with Gasteiger partial charge in [-0.25, -0.2) is 0 Å². The molecule has 0 fully saturated rings. The van der Waals surface area contributed by atoms with Gasteiger partial charge in [0, 0.05) is 6.54 Å². The van der Waals surface area contributed by atoms with Crippen LogP contribution < -0.4 is 15.8 Å². The number of hydrogen-bond donors (Lipinski definition) is 2. The van der Waals surface area contributed by atoms with Crippen molar-refractivity contribution in [3.05, 3.63) is 29.8 Å². The van der Waals surface area contributed by atoms with Crippen LogP contribution in [0.1, 0.15) is 51.6 Å². The summed E-state index contributed by atoms with van der Waals surface area (Å²) in [7, 11) is 1.65. The lowest BCUT2D eigenvalue weighted by Crippen LogP contribution is -2.46. The molecule has 0 spiro atoms. The normalized spacial score (nSPS) is 12.8. The number of amides is 1. The van der Waals surface area contributed by atoms with Crippen molar-refractivity contribution < 1.29 is 9.53 Å². The molecule has 0 saturated carbocycles. The molecule has 1 aromatic carbocycles. The molecule has 0 bridgehead atoms. The van der Waals surface area contributed by atoms with E-state index in [9.17, 15) is 4.79 Å². The Labute approximate surface area is 128 Å². The van der Waals surface area contributed by atoms with Crippen LogP contribution in [0.4, 0.5) is 0 Å². The highest BCUT2D eigenvalue weighted by Gasteiger charge is 2.34. The van der Waals surface area contributed by atoms with Gasteiger partial charge in [-0.15, -0.1) is 0 Å². The van der Waals surface area contributed by atoms with E-state index in [1.807, 2.05) is 38.1 Å². The molecule has 118 valence electrons. The fourth-order valence-electron chi connectivity index (χ4n) is 2.52. The molecule has 4 heteroatoms. The van der Waals surface area contributed by atoms with Gasteiger partial charge in [-0.05, 0) is 37.0 Å². The van der Waals surface area contributed by atoms with Crippen molar-refractivity contribution in [1.29, 1.82) is 0 Å². The summed E-state index contributed by atoms with van der Waals surface area (Å²) in [5, 5.41) is 3.15. The van der Waals surface area contributed by atoms with Crippen molar-refractivity contribution in [2.45, 2.75) is 46.1 Å². The Morgan fingerprint density at radius 1 is 1.24 bits per heavy atom. The van der Waals surface area contributed by atoms with Gasteiger partial charge in [0.15, 0.2) is 0 Å². The van der Waals surface area contributed by atoms with Crippen LogP contribution in [0, 0.1) is 5.41 Å². The van der Waals surface area contributed by atoms with Gasteiger partial charge >= 0.3 is 0 Å². The van der Waals surface area contributed by atoms with E-state index in [1.54, 1.807) is 7.11 Å². The average molecular weight is 292 g/mol. The summed E-state index contributed by atoms with van der Waals surface area (Å²) in [6.07, 6.45) is 2.35. The Kier molecular flexibility index (Phi) is 6.69. The van der Waals surface area contributed by atoms with Gasteiger partial charge in [0.1, 0.15) is 5.75 Å². The molecule has 3 N–H and O–H groups in total. The summed E-state index contributed by atoms with van der Waals surface area (Å²) in [6, 6.07) is 7.83. The van der Waals surface area contributed by atoms with Crippen molar-refractivity contribution in [2.75, 3.05) is 13.7 Å². The van der Waals surface area contributed by atoms with Crippen LogP contribution in [0.2, 0.25) is 0 Å². The summed E-state index contributed by atoms with van der Waals surface area (Å²) in [5.74, 6) is 0.871. The van der Waals surface area contributed by atoms with Crippen LogP contribution in [-0.2, 0) is 4.79 Å². The zero-order valence-electron chi connectivity index (χ0n) is 13.6. The monoisotopic (exact) mass is 292 g/mol. The molecule has 1 aromatic rings. The van der Waals surface area contributed by atoms with Gasteiger partial charge in [-0.2, -0.15) is 0 Å². The Morgan fingerprint density at radius 2 is 1.81 bits per heavy atom. The number of benzene rings is 1. The zero-order chi connectivity index (χ0) is 15.9. The van der Waals surface area contributed by atoms with Gasteiger partial charge in [0.2, 0.25) is 5.91 Å². The minimum Gasteiger partial charge on any atom is -0.497 e. The topological polar surface area (TPSA) is 64.4 Å². The standard InChI is InChI=1S/C17H28N2O2/c1-5-15(13-8-10-14(21-4)11-9-13)19-16(20)17(6-2,7-3)12-18/h8-11,15H,5-7,12,18H2,1-4H3,(H,19,20). The third-order valence-corrected chi connectivity index (χ3v) is 4.46. The second-order valence-electron chi connectivity index (χ2n) is 5.40. The van der Waals surface area contributed by atoms with Crippen LogP contribution in [0.3, 0.4) is 0 Å². The Balaban J connectivity index is 2.88. The van der Waals surface area contributed by atoms with Crippen LogP contribution >= 0.6 is 0 Å². The van der Waals surface area contributed by atoms with Crippen molar-refractivity contribution in [2.24, 2.45) is 11.1 Å². The third-order valence-electron chi connectivity index (χ3n) is 4.46. The molecule has 0 saturated heterocycles. The molecule has 1 unspecified atom stereocenters. The number of carbonyl (C=O) groups is 1. The molecule has 4 nitrogen and oxygen atoms in total. The lowest BCUT2D eigenvalue weighted by atomic mass is 9.81. The molecule has 1 rings (SSSR count). The maximum Gasteiger partial charge on any atom is 0.227 e. The first-order chi connectivity index (χ1) is 10.1. The predicted molar refractivity (Wildman–Crippen MR) is 86.2 cm³/mol. The first-order valence-electron chi connectivity index (χ1n) is 7.71. The van der Waals surface area contributed by atoms with Crippen molar-refractivity contribution >= 4 is 5.91 Å². The van der Waals surface area contributed by atoms with E-state index < -0.39 is 5.41 Å². The van der Waals surface area contributed by atoms with Gasteiger partial charge in [-0.1, -0.05) is 32.9 Å². The largest absolute Gasteiger partial charge is 0.497 e. The van der Waals surface area contributed by atoms with Gasteiger partial charge in [-0.3, -0.25) is 4.79 Å². The molecule has 0 aliphatic carbocycles. The smallest absolute Gasteiger partial charge is 0.227 e. The highest BCUT2D eigenvalue weighted by molar-refractivity contribution is 5.83. The summed E-state index contributed by atoms with van der Waals surface area (Å²) in [6.45, 7) is 6.48. The molecule has 0 aromatic heterocycles. The number of methoxy groups -OCH3 is 1. The van der Waals surface area contributed by atoms with E-state index in [0.29, 0.717) is 6.54 Å². The second-order valence-corrected chi connectivity index (χ2v) is 5.40. The summed E-state index contributed by atoms with van der Waals surface area (Å²) >= 11 is 0. The molecule has 0 aliphatic rings. The molecule has 1 atom stereocenters. The van der Waals surface area contributed by atoms with E-state index in [-0.39, 0.29) is 11.9 Å². The molecular weight excluding hydrogens is 264 g/mol. The van der Waals surface area contributed by atoms with Crippen LogP contribution in [0.25, 0.3) is 0 Å². The van der Waals surface area contributed by atoms with Gasteiger partial charge in [0.25, 0.3) is 0 Å². The summed E-state index contributed by atoms with van der Waals surface area (Å²) in [5.41, 5.74) is 6.48. The quantitative estimate of drug-likeness (QED) is 0.774. The Morgan fingerprint density at radius 3 is 2.19 bits per heavy atom. The summed E-state index contributed by atoms with van der Waals surface area (Å²) < 4.78 is 5.17. The molecule has 21 heavy (non-hydrogen) atoms. The van der Waals surface area contributed by atoms with Gasteiger partial charge in [0.05, 0.1) is 18.6 Å². The second kappa shape index (κ2) is 8.03. The van der Waals surface area contributed by atoms with E-state index in [0.717, 1.165) is 30.6 Å². The highest BCUT2D eigenvalue weighted by Crippen LogP contribution is 2.27. The van der Waals surface area contributed by atoms with Crippen LogP contribution in [0.15, 0.2) is 24.3 Å². The zero-order valence-corrected chi connectivity index (χ0v) is 13.6. The molecule has 1 amide bonds. The predicted octanol–water partition coefficient (Wildman–Crippen LogP) is 3.03. The van der Waals surface area contributed by atoms with E-state index in [2.05, 4.69) is 12.2 Å². The third kappa shape index (κ3) is 3.97. The van der Waals surface area contributed by atoms with Crippen LogP contribution in [-0.4, -0.2) is 19.6 Å².